The Kier molecular flexibility index (Phi) is 23.2. The van der Waals surface area contributed by atoms with Crippen molar-refractivity contribution in [2.75, 3.05) is 62.7 Å². The molecule has 12 aromatic rings. The summed E-state index contributed by atoms with van der Waals surface area (Å²) in [7, 11) is -1.67. The van der Waals surface area contributed by atoms with E-state index >= 15 is 0 Å². The number of ether oxygens (including phenoxy) is 4. The largest absolute Gasteiger partial charge is 0.507 e. The van der Waals surface area contributed by atoms with Crippen LogP contribution >= 0.6 is 0 Å². The summed E-state index contributed by atoms with van der Waals surface area (Å²) < 4.78 is 58.2. The van der Waals surface area contributed by atoms with Crippen molar-refractivity contribution in [1.29, 1.82) is 0 Å². The summed E-state index contributed by atoms with van der Waals surface area (Å²) in [5, 5.41) is 74.1. The quantitative estimate of drug-likeness (QED) is 0.0106. The van der Waals surface area contributed by atoms with Crippen LogP contribution < -0.4 is 42.2 Å². The van der Waals surface area contributed by atoms with Crippen molar-refractivity contribution in [2.45, 2.75) is 69.6 Å². The molecule has 13 N–H and O–H groups in total. The zero-order valence-electron chi connectivity index (χ0n) is 58.1. The summed E-state index contributed by atoms with van der Waals surface area (Å²) in [5.74, 6) is -2.03. The highest BCUT2D eigenvalue weighted by atomic mass is 32.2. The van der Waals surface area contributed by atoms with E-state index in [2.05, 4.69) is 71.6 Å². The average Bonchev–Trinajstić information content (AvgIpc) is 1.59. The van der Waals surface area contributed by atoms with Gasteiger partial charge >= 0.3 is 12.0 Å². The number of methoxy groups -OCH3 is 2. The molecule has 0 saturated heterocycles. The smallest absolute Gasteiger partial charge is 0.320 e. The number of nitrogens with two attached hydrogens (primary N) is 2. The van der Waals surface area contributed by atoms with Gasteiger partial charge in [0.1, 0.15) is 36.1 Å². The highest BCUT2D eigenvalue weighted by molar-refractivity contribution is 7.85. The molecule has 108 heavy (non-hydrogen) atoms. The fourth-order valence-electron chi connectivity index (χ4n) is 11.5. The molecule has 12 rings (SSSR count). The molecule has 0 unspecified atom stereocenters. The van der Waals surface area contributed by atoms with Crippen molar-refractivity contribution in [3.8, 4) is 46.7 Å². The van der Waals surface area contributed by atoms with Gasteiger partial charge in [-0.15, -0.1) is 10.2 Å². The highest BCUT2D eigenvalue weighted by Crippen LogP contribution is 2.43. The molecule has 33 nitrogen and oxygen atoms in total. The third kappa shape index (κ3) is 18.2. The number of amides is 4. The number of imidazole rings is 2. The molecule has 8 aromatic carbocycles. The molecule has 0 fully saturated rings. The van der Waals surface area contributed by atoms with Gasteiger partial charge in [-0.2, -0.15) is 48.6 Å². The lowest BCUT2D eigenvalue weighted by Crippen LogP contribution is -2.23. The number of carbonyl (C=O) groups excluding carboxylic acids is 4. The molecule has 34 heteroatoms. The number of azo groups is 2. The second kappa shape index (κ2) is 33.6. The fourth-order valence-corrected chi connectivity index (χ4v) is 12.0. The van der Waals surface area contributed by atoms with Crippen LogP contribution in [0.5, 0.6) is 35.5 Å². The SMILES string of the molecule is COCCOc1nc(N)c2nc(O)n(Cc3ccc(CNC(=O)CCCC(=O)Nc4ccc5cccc(O)c5c4N=Nc4ccc(-c5ccc(N=Nc6c(NC(=O)CCCC(=O)NCc7ccc(Cn8c(O)nc9c(N)nc(OCCOC)nc98)cc7)ccc7cc(S(=O)(=O)O)cc(O)c67)cc5)cc4)cc3)c2n1. The lowest BCUT2D eigenvalue weighted by molar-refractivity contribution is -0.122. The molecule has 0 spiro atoms. The second-order valence-corrected chi connectivity index (χ2v) is 26.0. The van der Waals surface area contributed by atoms with Crippen molar-refractivity contribution < 1.29 is 71.5 Å². The normalized spacial score (nSPS) is 11.7. The first-order chi connectivity index (χ1) is 52.1. The van der Waals surface area contributed by atoms with Gasteiger partial charge in [0.2, 0.25) is 23.6 Å². The number of fused-ring (bicyclic) bond motifs is 4. The van der Waals surface area contributed by atoms with E-state index in [9.17, 15) is 52.6 Å². The zero-order chi connectivity index (χ0) is 76.0. The van der Waals surface area contributed by atoms with Gasteiger partial charge in [-0.1, -0.05) is 97.1 Å². The minimum absolute atomic E-state index is 0.00125. The fraction of sp³-hybridized carbons (Fsp3) is 0.216. The van der Waals surface area contributed by atoms with Crippen molar-refractivity contribution in [1.82, 2.24) is 49.7 Å². The van der Waals surface area contributed by atoms with E-state index in [4.69, 9.17) is 30.4 Å². The number of phenolic OH excluding ortho intramolecular Hbond substituents is 2. The third-order valence-corrected chi connectivity index (χ3v) is 17.8. The number of benzene rings is 8. The first-order valence-corrected chi connectivity index (χ1v) is 35.1. The lowest BCUT2D eigenvalue weighted by Gasteiger charge is -2.13. The van der Waals surface area contributed by atoms with Gasteiger partial charge in [0, 0.05) is 59.1 Å². The molecule has 0 aliphatic heterocycles. The van der Waals surface area contributed by atoms with E-state index in [0.29, 0.717) is 35.4 Å². The number of phenols is 2. The topological polar surface area (TPSA) is 477 Å². The summed E-state index contributed by atoms with van der Waals surface area (Å²) in [6.07, 6.45) is 0.348. The van der Waals surface area contributed by atoms with E-state index in [1.54, 1.807) is 60.7 Å². The Hall–Kier alpha value is -13.3. The number of aromatic hydroxyl groups is 4. The summed E-state index contributed by atoms with van der Waals surface area (Å²) in [4.78, 5) is 77.6. The molecule has 0 aliphatic carbocycles. The maximum absolute atomic E-state index is 13.5. The van der Waals surface area contributed by atoms with Crippen LogP contribution in [0.25, 0.3) is 55.0 Å². The Labute approximate surface area is 615 Å². The Morgan fingerprint density at radius 3 is 1.34 bits per heavy atom. The van der Waals surface area contributed by atoms with Gasteiger partial charge in [-0.25, -0.2) is 0 Å². The Morgan fingerprint density at radius 2 is 0.898 bits per heavy atom. The minimum Gasteiger partial charge on any atom is -0.507 e. The van der Waals surface area contributed by atoms with Crippen LogP contribution in [0.4, 0.5) is 45.8 Å². The molecular formula is C74H72N18O15S. The number of nitrogen functional groups attached to an aromatic ring is 2. The van der Waals surface area contributed by atoms with Crippen LogP contribution in [0.2, 0.25) is 0 Å². The van der Waals surface area contributed by atoms with Gasteiger partial charge < -0.3 is 72.1 Å². The van der Waals surface area contributed by atoms with Crippen molar-refractivity contribution >= 4 is 123 Å². The van der Waals surface area contributed by atoms with E-state index in [1.165, 1.54) is 41.6 Å². The molecule has 0 radical (unpaired) electrons. The van der Waals surface area contributed by atoms with E-state index in [0.717, 1.165) is 45.5 Å². The molecule has 0 aliphatic rings. The standard InChI is InChI=1S/C74H72N18O15S/c1-104-32-34-106-71-83-67(75)65-69(85-71)91(73(99)81-65)40-44-16-12-42(13-17-44)38-77-57(95)8-4-10-59(97)79-53-30-24-48-6-3-7-55(93)61(48)63(53)89-87-50-26-20-46(21-27-50)47-22-28-51(29-23-47)88-90-64-54(31-25-49-36-52(108(101,102)103)37-56(94)62(49)64)80-60(98)11-5-9-58(96)78-39-43-14-18-45(19-15-43)41-92-70-66(82-74(92)100)68(76)84-72(86-70)107-35-33-105-2/h3,6-7,12-31,36-37,93-94H,4-5,8-11,32-35,38-41H2,1-2H3,(H,77,95)(H,78,96)(H,79,97)(H,80,98)(H,81,99)(H,82,100)(H2,75,83,85)(H2,76,84,86)(H,101,102,103). The molecule has 4 aromatic heterocycles. The third-order valence-electron chi connectivity index (χ3n) is 17.0. The number of hydrogen-bond donors (Lipinski definition) is 11. The van der Waals surface area contributed by atoms with E-state index in [-0.39, 0.29) is 193 Å². The van der Waals surface area contributed by atoms with Crippen LogP contribution in [-0.2, 0) is 64.9 Å². The first-order valence-electron chi connectivity index (χ1n) is 33.7. The van der Waals surface area contributed by atoms with E-state index in [1.807, 2.05) is 60.7 Å². The Balaban J connectivity index is 0.633. The maximum atomic E-state index is 13.5. The van der Waals surface area contributed by atoms with Crippen LogP contribution in [0.1, 0.15) is 60.8 Å². The summed E-state index contributed by atoms with van der Waals surface area (Å²) >= 11 is 0. The van der Waals surface area contributed by atoms with Gasteiger partial charge in [0.15, 0.2) is 34.0 Å². The van der Waals surface area contributed by atoms with Crippen LogP contribution in [0, 0.1) is 0 Å². The lowest BCUT2D eigenvalue weighted by atomic mass is 10.1. The van der Waals surface area contributed by atoms with Gasteiger partial charge in [-0.3, -0.25) is 32.9 Å². The summed E-state index contributed by atoms with van der Waals surface area (Å²) in [6.45, 7) is 1.81. The van der Waals surface area contributed by atoms with Crippen LogP contribution in [0.15, 0.2) is 177 Å². The minimum atomic E-state index is -4.74. The number of hydrogen-bond acceptors (Lipinski definition) is 26. The first kappa shape index (κ1) is 74.4. The summed E-state index contributed by atoms with van der Waals surface area (Å²) in [5.41, 5.74) is 19.3. The van der Waals surface area contributed by atoms with Crippen LogP contribution in [0.3, 0.4) is 0 Å². The molecular weight excluding hydrogens is 1410 g/mol. The number of aromatic nitrogens is 8. The molecule has 4 amide bonds. The number of nitrogens with zero attached hydrogens (tertiary/aromatic N) is 12. The number of rotatable bonds is 32. The maximum Gasteiger partial charge on any atom is 0.320 e. The van der Waals surface area contributed by atoms with Crippen molar-refractivity contribution in [2.24, 2.45) is 20.5 Å². The highest BCUT2D eigenvalue weighted by Gasteiger charge is 2.23. The van der Waals surface area contributed by atoms with Crippen LogP contribution in [-0.4, -0.2) is 137 Å². The predicted molar refractivity (Wildman–Crippen MR) is 399 cm³/mol. The number of anilines is 4. The number of carbonyl (C=O) groups is 4. The monoisotopic (exact) mass is 1480 g/mol. The zero-order valence-corrected chi connectivity index (χ0v) is 58.9. The van der Waals surface area contributed by atoms with Gasteiger partial charge in [-0.05, 0) is 106 Å². The van der Waals surface area contributed by atoms with Gasteiger partial charge in [0.05, 0.1) is 64.7 Å². The Morgan fingerprint density at radius 1 is 0.472 bits per heavy atom. The second-order valence-electron chi connectivity index (χ2n) is 24.6. The Bertz CT molecular complexity index is 5530. The van der Waals surface area contributed by atoms with Gasteiger partial charge in [0.25, 0.3) is 22.1 Å². The predicted octanol–water partition coefficient (Wildman–Crippen LogP) is 11.0. The molecule has 4 heterocycles. The van der Waals surface area contributed by atoms with E-state index < -0.39 is 26.7 Å². The molecule has 0 bridgehead atoms. The molecule has 0 saturated carbocycles. The van der Waals surface area contributed by atoms with Crippen molar-refractivity contribution in [3.63, 3.8) is 0 Å². The molecule has 554 valence electrons. The summed E-state index contributed by atoms with van der Waals surface area (Å²) in [6, 6.07) is 41.4. The van der Waals surface area contributed by atoms with Crippen molar-refractivity contribution in [3.05, 3.63) is 174 Å². The molecule has 0 atom stereocenters. The number of nitrogens with one attached hydrogen (secondary N) is 4. The average molecular weight is 1490 g/mol.